The van der Waals surface area contributed by atoms with Gasteiger partial charge in [0.1, 0.15) is 5.69 Å². The van der Waals surface area contributed by atoms with Crippen LogP contribution in [0.15, 0.2) is 66.9 Å². The van der Waals surface area contributed by atoms with E-state index in [2.05, 4.69) is 60.6 Å². The lowest BCUT2D eigenvalue weighted by molar-refractivity contribution is 0.559. The van der Waals surface area contributed by atoms with Gasteiger partial charge in [-0.3, -0.25) is 0 Å². The Kier molecular flexibility index (Phi) is 4.15. The molecule has 2 aromatic carbocycles. The van der Waals surface area contributed by atoms with Crippen molar-refractivity contribution in [2.24, 2.45) is 0 Å². The minimum atomic E-state index is 0.159. The fourth-order valence-electron chi connectivity index (χ4n) is 2.23. The molecule has 0 bridgehead atoms. The van der Waals surface area contributed by atoms with Gasteiger partial charge in [0.05, 0.1) is 12.2 Å². The molecule has 110 valence electrons. The van der Waals surface area contributed by atoms with Gasteiger partial charge in [-0.2, -0.15) is 0 Å². The van der Waals surface area contributed by atoms with Gasteiger partial charge >= 0.3 is 0 Å². The molecule has 3 rings (SSSR count). The van der Waals surface area contributed by atoms with Crippen molar-refractivity contribution in [2.45, 2.75) is 19.9 Å². The quantitative estimate of drug-likeness (QED) is 0.706. The molecule has 0 aliphatic rings. The summed E-state index contributed by atoms with van der Waals surface area (Å²) in [4.78, 5) is 0. The molecule has 1 atom stereocenters. The normalized spacial score (nSPS) is 12.6. The van der Waals surface area contributed by atoms with E-state index in [0.717, 1.165) is 11.3 Å². The zero-order valence-electron chi connectivity index (χ0n) is 12.8. The molecule has 1 heterocycles. The lowest BCUT2D eigenvalue weighted by Crippen LogP contribution is -2.02. The summed E-state index contributed by atoms with van der Waals surface area (Å²) < 4.78 is 1.88. The number of aromatic nitrogens is 3. The lowest BCUT2D eigenvalue weighted by Gasteiger charge is -2.05. The van der Waals surface area contributed by atoms with E-state index in [1.54, 1.807) is 0 Å². The van der Waals surface area contributed by atoms with Gasteiger partial charge in [0.2, 0.25) is 0 Å². The highest BCUT2D eigenvalue weighted by Gasteiger charge is 2.06. The minimum Gasteiger partial charge on any atom is -0.245 e. The standard InChI is InChI=1S/C19H19N3/c1-15-8-11-17(12-9-15)13-10-16(2)22-14-19(20-21-22)18-6-4-3-5-7-18/h3-14,16H,1-2H3/b13-10+. The summed E-state index contributed by atoms with van der Waals surface area (Å²) in [6.07, 6.45) is 6.24. The Labute approximate surface area is 130 Å². The fourth-order valence-corrected chi connectivity index (χ4v) is 2.23. The lowest BCUT2D eigenvalue weighted by atomic mass is 10.1. The first-order chi connectivity index (χ1) is 10.7. The van der Waals surface area contributed by atoms with Crippen LogP contribution in [-0.2, 0) is 0 Å². The van der Waals surface area contributed by atoms with Crippen molar-refractivity contribution >= 4 is 6.08 Å². The first-order valence-corrected chi connectivity index (χ1v) is 7.44. The predicted octanol–water partition coefficient (Wildman–Crippen LogP) is 4.53. The van der Waals surface area contributed by atoms with Crippen LogP contribution in [0.4, 0.5) is 0 Å². The summed E-state index contributed by atoms with van der Waals surface area (Å²) in [5.41, 5.74) is 4.45. The smallest absolute Gasteiger partial charge is 0.113 e. The zero-order chi connectivity index (χ0) is 15.4. The summed E-state index contributed by atoms with van der Waals surface area (Å²) in [6.45, 7) is 4.20. The number of benzene rings is 2. The van der Waals surface area contributed by atoms with Crippen molar-refractivity contribution in [3.8, 4) is 11.3 Å². The Morgan fingerprint density at radius 3 is 2.45 bits per heavy atom. The Bertz CT molecular complexity index is 755. The number of allylic oxidation sites excluding steroid dienone is 1. The van der Waals surface area contributed by atoms with Gasteiger partial charge in [-0.15, -0.1) is 5.10 Å². The Morgan fingerprint density at radius 1 is 1.00 bits per heavy atom. The summed E-state index contributed by atoms with van der Waals surface area (Å²) in [5, 5.41) is 8.49. The maximum Gasteiger partial charge on any atom is 0.113 e. The second-order valence-corrected chi connectivity index (χ2v) is 5.46. The maximum atomic E-state index is 4.25. The summed E-state index contributed by atoms with van der Waals surface area (Å²) in [5.74, 6) is 0. The SMILES string of the molecule is Cc1ccc(/C=C/C(C)n2cc(-c3ccccc3)nn2)cc1. The number of rotatable bonds is 4. The molecule has 0 aliphatic carbocycles. The first-order valence-electron chi connectivity index (χ1n) is 7.44. The highest BCUT2D eigenvalue weighted by Crippen LogP contribution is 2.17. The van der Waals surface area contributed by atoms with Crippen LogP contribution >= 0.6 is 0 Å². The van der Waals surface area contributed by atoms with Gasteiger partial charge in [0, 0.05) is 5.56 Å². The molecule has 3 nitrogen and oxygen atoms in total. The number of nitrogens with zero attached hydrogens (tertiary/aromatic N) is 3. The van der Waals surface area contributed by atoms with Crippen molar-refractivity contribution in [1.29, 1.82) is 0 Å². The molecule has 1 aromatic heterocycles. The van der Waals surface area contributed by atoms with Crippen LogP contribution in [0.25, 0.3) is 17.3 Å². The molecule has 0 amide bonds. The van der Waals surface area contributed by atoms with Crippen LogP contribution in [0.1, 0.15) is 24.1 Å². The fraction of sp³-hybridized carbons (Fsp3) is 0.158. The van der Waals surface area contributed by atoms with Gasteiger partial charge in [0.15, 0.2) is 0 Å². The van der Waals surface area contributed by atoms with Crippen LogP contribution in [0.5, 0.6) is 0 Å². The average Bonchev–Trinajstić information content (AvgIpc) is 3.05. The third-order valence-corrected chi connectivity index (χ3v) is 3.64. The third-order valence-electron chi connectivity index (χ3n) is 3.64. The van der Waals surface area contributed by atoms with Gasteiger partial charge in [0.25, 0.3) is 0 Å². The zero-order valence-corrected chi connectivity index (χ0v) is 12.8. The van der Waals surface area contributed by atoms with Crippen molar-refractivity contribution in [1.82, 2.24) is 15.0 Å². The Hall–Kier alpha value is -2.68. The van der Waals surface area contributed by atoms with E-state index < -0.39 is 0 Å². The van der Waals surface area contributed by atoms with Crippen molar-refractivity contribution < 1.29 is 0 Å². The van der Waals surface area contributed by atoms with Crippen LogP contribution in [0.2, 0.25) is 0 Å². The largest absolute Gasteiger partial charge is 0.245 e. The number of hydrogen-bond acceptors (Lipinski definition) is 2. The molecular formula is C19H19N3. The highest BCUT2D eigenvalue weighted by molar-refractivity contribution is 5.57. The van der Waals surface area contributed by atoms with Crippen LogP contribution in [0, 0.1) is 6.92 Å². The average molecular weight is 289 g/mol. The number of hydrogen-bond donors (Lipinski definition) is 0. The van der Waals surface area contributed by atoms with Crippen molar-refractivity contribution in [2.75, 3.05) is 0 Å². The summed E-state index contributed by atoms with van der Waals surface area (Å²) >= 11 is 0. The van der Waals surface area contributed by atoms with E-state index in [4.69, 9.17) is 0 Å². The predicted molar refractivity (Wildman–Crippen MR) is 90.4 cm³/mol. The molecule has 0 spiro atoms. The monoisotopic (exact) mass is 289 g/mol. The summed E-state index contributed by atoms with van der Waals surface area (Å²) in [6, 6.07) is 18.7. The maximum absolute atomic E-state index is 4.25. The van der Waals surface area contributed by atoms with E-state index in [1.165, 1.54) is 11.1 Å². The first kappa shape index (κ1) is 14.3. The van der Waals surface area contributed by atoms with Crippen LogP contribution in [0.3, 0.4) is 0 Å². The van der Waals surface area contributed by atoms with E-state index in [0.29, 0.717) is 0 Å². The van der Waals surface area contributed by atoms with E-state index in [-0.39, 0.29) is 6.04 Å². The molecule has 0 saturated heterocycles. The second kappa shape index (κ2) is 6.39. The van der Waals surface area contributed by atoms with Crippen molar-refractivity contribution in [3.63, 3.8) is 0 Å². The molecule has 0 N–H and O–H groups in total. The molecule has 0 aliphatic heterocycles. The van der Waals surface area contributed by atoms with Crippen molar-refractivity contribution in [3.05, 3.63) is 78.0 Å². The molecule has 0 fully saturated rings. The molecule has 22 heavy (non-hydrogen) atoms. The molecule has 0 saturated carbocycles. The molecular weight excluding hydrogens is 270 g/mol. The van der Waals surface area contributed by atoms with Gasteiger partial charge in [-0.1, -0.05) is 77.5 Å². The van der Waals surface area contributed by atoms with E-state index >= 15 is 0 Å². The summed E-state index contributed by atoms with van der Waals surface area (Å²) in [7, 11) is 0. The van der Waals surface area contributed by atoms with E-state index in [9.17, 15) is 0 Å². The molecule has 3 heteroatoms. The van der Waals surface area contributed by atoms with Gasteiger partial charge in [-0.05, 0) is 19.4 Å². The topological polar surface area (TPSA) is 30.7 Å². The van der Waals surface area contributed by atoms with Gasteiger partial charge < -0.3 is 0 Å². The molecule has 1 unspecified atom stereocenters. The number of aryl methyl sites for hydroxylation is 1. The van der Waals surface area contributed by atoms with Crippen LogP contribution in [-0.4, -0.2) is 15.0 Å². The van der Waals surface area contributed by atoms with Crippen LogP contribution < -0.4 is 0 Å². The van der Waals surface area contributed by atoms with E-state index in [1.807, 2.05) is 41.2 Å². The minimum absolute atomic E-state index is 0.159. The third kappa shape index (κ3) is 3.31. The van der Waals surface area contributed by atoms with Gasteiger partial charge in [-0.25, -0.2) is 4.68 Å². The molecule has 3 aromatic rings. The Morgan fingerprint density at radius 2 is 1.73 bits per heavy atom. The Balaban J connectivity index is 1.74. The molecule has 0 radical (unpaired) electrons. The second-order valence-electron chi connectivity index (χ2n) is 5.46. The highest BCUT2D eigenvalue weighted by atomic mass is 15.4.